The third kappa shape index (κ3) is 3.87. The molecular weight excluding hydrogens is 456 g/mol. The average molecular weight is 479 g/mol. The van der Waals surface area contributed by atoms with E-state index >= 15 is 0 Å². The first-order valence-electron chi connectivity index (χ1n) is 11.3. The molecule has 5 aromatic heterocycles. The van der Waals surface area contributed by atoms with Crippen LogP contribution in [0.25, 0.3) is 55.7 Å². The summed E-state index contributed by atoms with van der Waals surface area (Å²) < 4.78 is 0. The molecule has 6 aromatic rings. The van der Waals surface area contributed by atoms with E-state index < -0.39 is 0 Å². The van der Waals surface area contributed by atoms with Crippen LogP contribution in [0.1, 0.15) is 13.8 Å². The number of aromatic amines is 2. The van der Waals surface area contributed by atoms with E-state index in [1.165, 1.54) is 11.1 Å². The minimum atomic E-state index is -0.113. The van der Waals surface area contributed by atoms with Crippen molar-refractivity contribution in [1.29, 1.82) is 0 Å². The molecule has 0 saturated carbocycles. The highest BCUT2D eigenvalue weighted by molar-refractivity contribution is 7.08. The Labute approximate surface area is 205 Å². The fraction of sp³-hybridized carbons (Fsp3) is 0.111. The van der Waals surface area contributed by atoms with Gasteiger partial charge in [0.25, 0.3) is 0 Å². The van der Waals surface area contributed by atoms with Gasteiger partial charge in [0, 0.05) is 28.6 Å². The summed E-state index contributed by atoms with van der Waals surface area (Å²) in [6.07, 6.45) is 3.39. The number of carbonyl (C=O) groups is 1. The maximum absolute atomic E-state index is 12.1. The van der Waals surface area contributed by atoms with E-state index in [0.29, 0.717) is 5.69 Å². The Morgan fingerprint density at radius 2 is 1.94 bits per heavy atom. The van der Waals surface area contributed by atoms with Crippen LogP contribution in [0.15, 0.2) is 71.7 Å². The van der Waals surface area contributed by atoms with Gasteiger partial charge in [-0.3, -0.25) is 14.9 Å². The Morgan fingerprint density at radius 3 is 2.77 bits per heavy atom. The predicted molar refractivity (Wildman–Crippen MR) is 141 cm³/mol. The van der Waals surface area contributed by atoms with Crippen LogP contribution in [-0.4, -0.2) is 31.1 Å². The van der Waals surface area contributed by atoms with E-state index in [0.717, 1.165) is 44.6 Å². The molecular formula is C27H22N6OS. The van der Waals surface area contributed by atoms with Crippen LogP contribution < -0.4 is 5.32 Å². The zero-order chi connectivity index (χ0) is 23.9. The fourth-order valence-corrected chi connectivity index (χ4v) is 4.79. The van der Waals surface area contributed by atoms with Crippen LogP contribution in [0.3, 0.4) is 0 Å². The van der Waals surface area contributed by atoms with E-state index in [-0.39, 0.29) is 11.8 Å². The number of pyridine rings is 2. The number of rotatable bonds is 5. The standard InChI is InChI=1S/C27H22N6OS/c1-15(2)27(34)29-18-10-17(12-28-13-18)21-6-7-23-25(31-21)26(33-32-23)24-11-20-19(16-8-9-35-14-16)4-3-5-22(20)30-24/h3-15,30H,1-2H3,(H,29,34)(H,32,33). The number of aromatic nitrogens is 5. The monoisotopic (exact) mass is 478 g/mol. The van der Waals surface area contributed by atoms with E-state index in [4.69, 9.17) is 4.98 Å². The van der Waals surface area contributed by atoms with E-state index in [2.05, 4.69) is 66.6 Å². The zero-order valence-electron chi connectivity index (χ0n) is 19.2. The SMILES string of the molecule is CC(C)C(=O)Nc1cncc(-c2ccc3[nH]nc(-c4cc5c(-c6ccsc6)cccc5[nH]4)c3n2)c1. The molecule has 8 heteroatoms. The maximum Gasteiger partial charge on any atom is 0.226 e. The zero-order valence-corrected chi connectivity index (χ0v) is 20.0. The van der Waals surface area contributed by atoms with Crippen molar-refractivity contribution in [3.63, 3.8) is 0 Å². The van der Waals surface area contributed by atoms with Crippen LogP contribution in [0.4, 0.5) is 5.69 Å². The summed E-state index contributed by atoms with van der Waals surface area (Å²) in [4.78, 5) is 24.8. The third-order valence-electron chi connectivity index (χ3n) is 5.99. The second-order valence-corrected chi connectivity index (χ2v) is 9.51. The van der Waals surface area contributed by atoms with E-state index in [1.54, 1.807) is 23.7 Å². The van der Waals surface area contributed by atoms with Gasteiger partial charge in [-0.15, -0.1) is 0 Å². The summed E-state index contributed by atoms with van der Waals surface area (Å²) in [5.74, 6) is -0.164. The van der Waals surface area contributed by atoms with Crippen LogP contribution in [-0.2, 0) is 4.79 Å². The number of benzene rings is 1. The first-order chi connectivity index (χ1) is 17.1. The van der Waals surface area contributed by atoms with Gasteiger partial charge in [0.1, 0.15) is 11.2 Å². The lowest BCUT2D eigenvalue weighted by Crippen LogP contribution is -2.17. The van der Waals surface area contributed by atoms with Gasteiger partial charge in [-0.2, -0.15) is 16.4 Å². The maximum atomic E-state index is 12.1. The Bertz CT molecular complexity index is 1680. The smallest absolute Gasteiger partial charge is 0.226 e. The number of H-pyrrole nitrogens is 2. The molecule has 172 valence electrons. The molecule has 0 atom stereocenters. The molecule has 0 bridgehead atoms. The van der Waals surface area contributed by atoms with Gasteiger partial charge in [-0.25, -0.2) is 4.98 Å². The highest BCUT2D eigenvalue weighted by Crippen LogP contribution is 2.35. The molecule has 0 aliphatic carbocycles. The Kier molecular flexibility index (Phi) is 5.15. The quantitative estimate of drug-likeness (QED) is 0.264. The lowest BCUT2D eigenvalue weighted by atomic mass is 10.0. The summed E-state index contributed by atoms with van der Waals surface area (Å²) >= 11 is 1.69. The minimum Gasteiger partial charge on any atom is -0.353 e. The predicted octanol–water partition coefficient (Wildman–Crippen LogP) is 6.49. The van der Waals surface area contributed by atoms with Gasteiger partial charge in [-0.05, 0) is 58.3 Å². The first-order valence-corrected chi connectivity index (χ1v) is 12.3. The average Bonchev–Trinajstić information content (AvgIpc) is 3.62. The number of hydrogen-bond acceptors (Lipinski definition) is 5. The van der Waals surface area contributed by atoms with Crippen molar-refractivity contribution >= 4 is 44.9 Å². The van der Waals surface area contributed by atoms with Crippen molar-refractivity contribution in [3.05, 3.63) is 71.7 Å². The summed E-state index contributed by atoms with van der Waals surface area (Å²) in [5, 5.41) is 16.0. The molecule has 0 radical (unpaired) electrons. The fourth-order valence-electron chi connectivity index (χ4n) is 4.13. The van der Waals surface area contributed by atoms with Crippen LogP contribution in [0, 0.1) is 5.92 Å². The molecule has 3 N–H and O–H groups in total. The number of nitrogens with zero attached hydrogens (tertiary/aromatic N) is 3. The largest absolute Gasteiger partial charge is 0.353 e. The van der Waals surface area contributed by atoms with Crippen LogP contribution in [0.5, 0.6) is 0 Å². The van der Waals surface area contributed by atoms with Crippen molar-refractivity contribution in [2.45, 2.75) is 13.8 Å². The first kappa shape index (κ1) is 21.2. The van der Waals surface area contributed by atoms with E-state index in [9.17, 15) is 4.79 Å². The Hall–Kier alpha value is -4.30. The second-order valence-electron chi connectivity index (χ2n) is 8.73. The number of thiophene rings is 1. The second kappa shape index (κ2) is 8.48. The van der Waals surface area contributed by atoms with Gasteiger partial charge >= 0.3 is 0 Å². The molecule has 6 rings (SSSR count). The molecule has 1 amide bonds. The van der Waals surface area contributed by atoms with Crippen LogP contribution in [0.2, 0.25) is 0 Å². The number of nitrogens with one attached hydrogen (secondary N) is 3. The summed E-state index contributed by atoms with van der Waals surface area (Å²) in [7, 11) is 0. The number of amides is 1. The Morgan fingerprint density at radius 1 is 1.03 bits per heavy atom. The number of anilines is 1. The number of fused-ring (bicyclic) bond motifs is 2. The minimum absolute atomic E-state index is 0.0508. The molecule has 0 spiro atoms. The lowest BCUT2D eigenvalue weighted by molar-refractivity contribution is -0.118. The summed E-state index contributed by atoms with van der Waals surface area (Å²) in [5.41, 5.74) is 8.92. The molecule has 35 heavy (non-hydrogen) atoms. The molecule has 1 aromatic carbocycles. The molecule has 5 heterocycles. The number of hydrogen-bond donors (Lipinski definition) is 3. The summed E-state index contributed by atoms with van der Waals surface area (Å²) in [6.45, 7) is 3.71. The van der Waals surface area contributed by atoms with Crippen molar-refractivity contribution in [1.82, 2.24) is 25.1 Å². The number of carbonyl (C=O) groups excluding carboxylic acids is 1. The van der Waals surface area contributed by atoms with Gasteiger partial charge < -0.3 is 10.3 Å². The van der Waals surface area contributed by atoms with E-state index in [1.807, 2.05) is 32.0 Å². The third-order valence-corrected chi connectivity index (χ3v) is 6.67. The molecule has 0 unspecified atom stereocenters. The normalized spacial score (nSPS) is 11.5. The van der Waals surface area contributed by atoms with Crippen LogP contribution >= 0.6 is 11.3 Å². The van der Waals surface area contributed by atoms with Gasteiger partial charge in [0.2, 0.25) is 5.91 Å². The lowest BCUT2D eigenvalue weighted by Gasteiger charge is -2.08. The summed E-state index contributed by atoms with van der Waals surface area (Å²) in [6, 6.07) is 16.3. The molecule has 0 aliphatic heterocycles. The molecule has 0 fully saturated rings. The highest BCUT2D eigenvalue weighted by Gasteiger charge is 2.16. The van der Waals surface area contributed by atoms with Gasteiger partial charge in [-0.1, -0.05) is 26.0 Å². The van der Waals surface area contributed by atoms with Crippen molar-refractivity contribution in [3.8, 4) is 33.8 Å². The highest BCUT2D eigenvalue weighted by atomic mass is 32.1. The molecule has 0 aliphatic rings. The molecule has 0 saturated heterocycles. The van der Waals surface area contributed by atoms with Crippen molar-refractivity contribution in [2.75, 3.05) is 5.32 Å². The van der Waals surface area contributed by atoms with Crippen molar-refractivity contribution in [2.24, 2.45) is 5.92 Å². The Balaban J connectivity index is 1.41. The van der Waals surface area contributed by atoms with Gasteiger partial charge in [0.05, 0.1) is 28.8 Å². The van der Waals surface area contributed by atoms with Gasteiger partial charge in [0.15, 0.2) is 0 Å². The molecule has 7 nitrogen and oxygen atoms in total. The topological polar surface area (TPSA) is 99.4 Å². The van der Waals surface area contributed by atoms with Crippen molar-refractivity contribution < 1.29 is 4.79 Å².